The third kappa shape index (κ3) is 3.46. The number of halogens is 2. The van der Waals surface area contributed by atoms with E-state index in [2.05, 4.69) is 15.6 Å². The van der Waals surface area contributed by atoms with Crippen molar-refractivity contribution in [2.75, 3.05) is 17.7 Å². The van der Waals surface area contributed by atoms with E-state index in [1.54, 1.807) is 7.05 Å². The topological polar surface area (TPSA) is 77.8 Å². The number of amides is 1. The Morgan fingerprint density at radius 3 is 2.81 bits per heavy atom. The maximum absolute atomic E-state index is 13.0. The van der Waals surface area contributed by atoms with Crippen molar-refractivity contribution in [1.29, 1.82) is 5.26 Å². The van der Waals surface area contributed by atoms with Gasteiger partial charge in [0.05, 0.1) is 11.3 Å². The minimum absolute atomic E-state index is 0.0392. The van der Waals surface area contributed by atoms with Crippen molar-refractivity contribution in [3.8, 4) is 6.07 Å². The van der Waals surface area contributed by atoms with Gasteiger partial charge in [-0.2, -0.15) is 5.26 Å². The Morgan fingerprint density at radius 1 is 1.38 bits per heavy atom. The number of rotatable bonds is 3. The van der Waals surface area contributed by atoms with Gasteiger partial charge in [-0.05, 0) is 30.3 Å². The molecule has 7 heteroatoms. The van der Waals surface area contributed by atoms with E-state index in [0.717, 1.165) is 12.1 Å². The smallest absolute Gasteiger partial charge is 0.255 e. The SMILES string of the molecule is CNc1cc(C(=O)Nc2ccc(F)cc2C#N)cc(Cl)n1. The normalized spacial score (nSPS) is 9.81. The second-order valence-corrected chi connectivity index (χ2v) is 4.46. The second kappa shape index (κ2) is 6.20. The van der Waals surface area contributed by atoms with E-state index >= 15 is 0 Å². The number of hydrogen-bond donors (Lipinski definition) is 2. The highest BCUT2D eigenvalue weighted by atomic mass is 35.5. The van der Waals surface area contributed by atoms with Crippen LogP contribution in [0.25, 0.3) is 0 Å². The van der Waals surface area contributed by atoms with Gasteiger partial charge >= 0.3 is 0 Å². The van der Waals surface area contributed by atoms with Gasteiger partial charge in [0.15, 0.2) is 0 Å². The lowest BCUT2D eigenvalue weighted by atomic mass is 10.1. The third-order valence-electron chi connectivity index (χ3n) is 2.66. The number of hydrogen-bond acceptors (Lipinski definition) is 4. The van der Waals surface area contributed by atoms with Crippen molar-refractivity contribution in [2.24, 2.45) is 0 Å². The lowest BCUT2D eigenvalue weighted by molar-refractivity contribution is 0.102. The predicted molar refractivity (Wildman–Crippen MR) is 77.9 cm³/mol. The van der Waals surface area contributed by atoms with Gasteiger partial charge in [0.25, 0.3) is 5.91 Å². The van der Waals surface area contributed by atoms with Crippen LogP contribution in [0.2, 0.25) is 5.15 Å². The maximum atomic E-state index is 13.0. The Hall–Kier alpha value is -2.65. The zero-order valence-electron chi connectivity index (χ0n) is 10.9. The summed E-state index contributed by atoms with van der Waals surface area (Å²) < 4.78 is 13.0. The first-order valence-corrected chi connectivity index (χ1v) is 6.27. The van der Waals surface area contributed by atoms with Gasteiger partial charge < -0.3 is 10.6 Å². The van der Waals surface area contributed by atoms with Crippen LogP contribution in [-0.2, 0) is 0 Å². The van der Waals surface area contributed by atoms with Crippen molar-refractivity contribution in [3.05, 3.63) is 52.4 Å². The first-order valence-electron chi connectivity index (χ1n) is 5.90. The maximum Gasteiger partial charge on any atom is 0.255 e. The minimum Gasteiger partial charge on any atom is -0.373 e. The van der Waals surface area contributed by atoms with E-state index in [9.17, 15) is 9.18 Å². The molecule has 0 aliphatic heterocycles. The molecule has 0 spiro atoms. The third-order valence-corrected chi connectivity index (χ3v) is 2.86. The summed E-state index contributed by atoms with van der Waals surface area (Å²) in [4.78, 5) is 16.1. The number of nitrogens with zero attached hydrogens (tertiary/aromatic N) is 2. The molecule has 1 amide bonds. The number of carbonyl (C=O) groups excluding carboxylic acids is 1. The summed E-state index contributed by atoms with van der Waals surface area (Å²) in [5, 5.41) is 14.4. The van der Waals surface area contributed by atoms with Crippen molar-refractivity contribution in [1.82, 2.24) is 4.98 Å². The summed E-state index contributed by atoms with van der Waals surface area (Å²) in [7, 11) is 1.65. The molecule has 0 fully saturated rings. The van der Waals surface area contributed by atoms with Crippen LogP contribution >= 0.6 is 11.6 Å². The standard InChI is InChI=1S/C14H10ClFN4O/c1-18-13-6-8(5-12(15)20-13)14(21)19-11-3-2-10(16)4-9(11)7-17/h2-6H,1H3,(H,18,20)(H,19,21). The molecular formula is C14H10ClFN4O. The molecule has 0 unspecified atom stereocenters. The fraction of sp³-hybridized carbons (Fsp3) is 0.0714. The van der Waals surface area contributed by atoms with Crippen LogP contribution in [0.3, 0.4) is 0 Å². The molecule has 2 rings (SSSR count). The Bertz CT molecular complexity index is 742. The highest BCUT2D eigenvalue weighted by Crippen LogP contribution is 2.19. The molecule has 21 heavy (non-hydrogen) atoms. The summed E-state index contributed by atoms with van der Waals surface area (Å²) in [5.74, 6) is -0.583. The lowest BCUT2D eigenvalue weighted by Gasteiger charge is -2.08. The van der Waals surface area contributed by atoms with Crippen LogP contribution in [0.1, 0.15) is 15.9 Å². The molecule has 5 nitrogen and oxygen atoms in total. The van der Waals surface area contributed by atoms with Gasteiger partial charge in [-0.15, -0.1) is 0 Å². The van der Waals surface area contributed by atoms with E-state index in [1.165, 1.54) is 18.2 Å². The minimum atomic E-state index is -0.547. The van der Waals surface area contributed by atoms with Crippen molar-refractivity contribution in [2.45, 2.75) is 0 Å². The summed E-state index contributed by atoms with van der Waals surface area (Å²) in [6.07, 6.45) is 0. The van der Waals surface area contributed by atoms with Crippen LogP contribution in [0.5, 0.6) is 0 Å². The van der Waals surface area contributed by atoms with Gasteiger partial charge in [-0.25, -0.2) is 9.37 Å². The number of carbonyl (C=O) groups is 1. The first kappa shape index (κ1) is 14.8. The van der Waals surface area contributed by atoms with E-state index in [1.807, 2.05) is 6.07 Å². The number of pyridine rings is 1. The van der Waals surface area contributed by atoms with E-state index in [-0.39, 0.29) is 22.0 Å². The van der Waals surface area contributed by atoms with Crippen molar-refractivity contribution < 1.29 is 9.18 Å². The molecular weight excluding hydrogens is 295 g/mol. The molecule has 0 bridgehead atoms. The predicted octanol–water partition coefficient (Wildman–Crippen LogP) is 3.04. The average molecular weight is 305 g/mol. The van der Waals surface area contributed by atoms with Crippen LogP contribution in [0.15, 0.2) is 30.3 Å². The van der Waals surface area contributed by atoms with Crippen LogP contribution < -0.4 is 10.6 Å². The fourth-order valence-corrected chi connectivity index (χ4v) is 1.88. The number of aromatic nitrogens is 1. The molecule has 2 aromatic rings. The Kier molecular flexibility index (Phi) is 4.36. The van der Waals surface area contributed by atoms with Crippen molar-refractivity contribution >= 4 is 29.0 Å². The molecule has 0 aliphatic rings. The monoisotopic (exact) mass is 304 g/mol. The highest BCUT2D eigenvalue weighted by molar-refractivity contribution is 6.30. The molecule has 0 radical (unpaired) electrons. The zero-order chi connectivity index (χ0) is 15.4. The number of nitriles is 1. The molecule has 0 atom stereocenters. The largest absolute Gasteiger partial charge is 0.373 e. The molecule has 1 heterocycles. The molecule has 0 saturated heterocycles. The van der Waals surface area contributed by atoms with Gasteiger partial charge in [-0.1, -0.05) is 11.6 Å². The average Bonchev–Trinajstić information content (AvgIpc) is 2.48. The van der Waals surface area contributed by atoms with Crippen LogP contribution in [-0.4, -0.2) is 17.9 Å². The Morgan fingerprint density at radius 2 is 2.14 bits per heavy atom. The van der Waals surface area contributed by atoms with Gasteiger partial charge in [-0.3, -0.25) is 4.79 Å². The second-order valence-electron chi connectivity index (χ2n) is 4.07. The molecule has 0 aliphatic carbocycles. The van der Waals surface area contributed by atoms with E-state index < -0.39 is 11.7 Å². The summed E-state index contributed by atoms with van der Waals surface area (Å²) in [5.41, 5.74) is 0.535. The van der Waals surface area contributed by atoms with Gasteiger partial charge in [0.2, 0.25) is 0 Å². The Balaban J connectivity index is 2.30. The van der Waals surface area contributed by atoms with E-state index in [4.69, 9.17) is 16.9 Å². The molecule has 1 aromatic heterocycles. The summed E-state index contributed by atoms with van der Waals surface area (Å²) >= 11 is 5.82. The number of nitrogens with one attached hydrogen (secondary N) is 2. The number of benzene rings is 1. The lowest BCUT2D eigenvalue weighted by Crippen LogP contribution is -2.13. The molecule has 1 aromatic carbocycles. The van der Waals surface area contributed by atoms with Crippen LogP contribution in [0.4, 0.5) is 15.9 Å². The summed E-state index contributed by atoms with van der Waals surface area (Å²) in [6, 6.07) is 8.27. The molecule has 106 valence electrons. The quantitative estimate of drug-likeness (QED) is 0.854. The van der Waals surface area contributed by atoms with Crippen molar-refractivity contribution in [3.63, 3.8) is 0 Å². The molecule has 0 saturated carbocycles. The Labute approximate surface area is 125 Å². The highest BCUT2D eigenvalue weighted by Gasteiger charge is 2.12. The summed E-state index contributed by atoms with van der Waals surface area (Å²) in [6.45, 7) is 0. The van der Waals surface area contributed by atoms with Crippen LogP contribution in [0, 0.1) is 17.1 Å². The molecule has 2 N–H and O–H groups in total. The zero-order valence-corrected chi connectivity index (χ0v) is 11.7. The first-order chi connectivity index (χ1) is 10.0. The van der Waals surface area contributed by atoms with Gasteiger partial charge in [0, 0.05) is 12.6 Å². The fourth-order valence-electron chi connectivity index (χ4n) is 1.67. The van der Waals surface area contributed by atoms with E-state index in [0.29, 0.717) is 5.82 Å². The number of anilines is 2. The van der Waals surface area contributed by atoms with Gasteiger partial charge in [0.1, 0.15) is 22.9 Å².